The number of nitrogens with zero attached hydrogens (tertiary/aromatic N) is 2. The molecule has 0 aliphatic carbocycles. The minimum Gasteiger partial charge on any atom is -0.379 e. The van der Waals surface area contributed by atoms with E-state index in [1.807, 2.05) is 7.05 Å². The summed E-state index contributed by atoms with van der Waals surface area (Å²) in [4.78, 5) is 8.09. The lowest BCUT2D eigenvalue weighted by Gasteiger charge is -2.41. The molecule has 0 unspecified atom stereocenters. The summed E-state index contributed by atoms with van der Waals surface area (Å²) in [6, 6.07) is 8.62. The van der Waals surface area contributed by atoms with Crippen LogP contribution in [0.2, 0.25) is 0 Å². The third-order valence-electron chi connectivity index (χ3n) is 4.40. The Morgan fingerprint density at radius 3 is 2.40 bits per heavy atom. The van der Waals surface area contributed by atoms with E-state index in [0.29, 0.717) is 0 Å². The van der Waals surface area contributed by atoms with Crippen LogP contribution < -0.4 is 10.6 Å². The molecule has 0 spiro atoms. The third-order valence-corrected chi connectivity index (χ3v) is 5.14. The number of ether oxygens (including phenoxy) is 1. The number of benzene rings is 1. The predicted molar refractivity (Wildman–Crippen MR) is 118 cm³/mol. The van der Waals surface area contributed by atoms with Crippen molar-refractivity contribution in [3.63, 3.8) is 0 Å². The van der Waals surface area contributed by atoms with Gasteiger partial charge in [-0.05, 0) is 37.8 Å². The minimum atomic E-state index is 0. The second-order valence-electron chi connectivity index (χ2n) is 6.54. The molecule has 1 aliphatic heterocycles. The van der Waals surface area contributed by atoms with Crippen molar-refractivity contribution in [1.29, 1.82) is 0 Å². The number of thioether (sulfide) groups is 1. The lowest BCUT2D eigenvalue weighted by atomic mass is 10.0. The van der Waals surface area contributed by atoms with Crippen LogP contribution in [0.5, 0.6) is 0 Å². The Labute approximate surface area is 173 Å². The van der Waals surface area contributed by atoms with Gasteiger partial charge in [-0.15, -0.1) is 35.7 Å². The predicted octanol–water partition coefficient (Wildman–Crippen LogP) is 2.80. The number of morpholine rings is 1. The number of rotatable bonds is 6. The first-order chi connectivity index (χ1) is 11.5. The van der Waals surface area contributed by atoms with E-state index in [2.05, 4.69) is 64.9 Å². The van der Waals surface area contributed by atoms with Gasteiger partial charge in [0.1, 0.15) is 0 Å². The van der Waals surface area contributed by atoms with Crippen LogP contribution in [0.25, 0.3) is 0 Å². The fourth-order valence-electron chi connectivity index (χ4n) is 2.73. The molecule has 7 heteroatoms. The fraction of sp³-hybridized carbons (Fsp3) is 0.611. The Kier molecular flexibility index (Phi) is 10.1. The number of hydrogen-bond donors (Lipinski definition) is 2. The van der Waals surface area contributed by atoms with Crippen LogP contribution in [0.4, 0.5) is 0 Å². The number of hydrogen-bond acceptors (Lipinski definition) is 4. The molecule has 0 saturated carbocycles. The van der Waals surface area contributed by atoms with Crippen molar-refractivity contribution in [3.8, 4) is 0 Å². The van der Waals surface area contributed by atoms with Gasteiger partial charge < -0.3 is 15.4 Å². The molecule has 5 nitrogen and oxygen atoms in total. The smallest absolute Gasteiger partial charge is 0.191 e. The maximum Gasteiger partial charge on any atom is 0.191 e. The van der Waals surface area contributed by atoms with Gasteiger partial charge in [0.15, 0.2) is 5.96 Å². The third kappa shape index (κ3) is 7.32. The van der Waals surface area contributed by atoms with E-state index in [-0.39, 0.29) is 29.5 Å². The van der Waals surface area contributed by atoms with Crippen LogP contribution in [0.15, 0.2) is 34.2 Å². The average molecular weight is 478 g/mol. The Balaban J connectivity index is 0.00000312. The van der Waals surface area contributed by atoms with E-state index >= 15 is 0 Å². The molecular weight excluding hydrogens is 447 g/mol. The lowest BCUT2D eigenvalue weighted by Crippen LogP contribution is -2.56. The first-order valence-corrected chi connectivity index (χ1v) is 9.68. The fourth-order valence-corrected chi connectivity index (χ4v) is 3.14. The summed E-state index contributed by atoms with van der Waals surface area (Å²) in [5.41, 5.74) is 1.32. The van der Waals surface area contributed by atoms with Crippen LogP contribution >= 0.6 is 35.7 Å². The van der Waals surface area contributed by atoms with E-state index in [0.717, 1.165) is 45.4 Å². The van der Waals surface area contributed by atoms with Gasteiger partial charge in [0, 0.05) is 43.7 Å². The molecular formula is C18H31IN4OS. The zero-order valence-corrected chi connectivity index (χ0v) is 18.8. The summed E-state index contributed by atoms with van der Waals surface area (Å²) in [6.45, 7) is 9.76. The normalized spacial score (nSPS) is 16.2. The summed E-state index contributed by atoms with van der Waals surface area (Å²) >= 11 is 1.76. The minimum absolute atomic E-state index is 0. The van der Waals surface area contributed by atoms with Gasteiger partial charge in [-0.3, -0.25) is 9.89 Å². The molecule has 0 amide bonds. The van der Waals surface area contributed by atoms with Crippen molar-refractivity contribution in [3.05, 3.63) is 29.8 Å². The molecule has 1 aromatic carbocycles. The van der Waals surface area contributed by atoms with Crippen molar-refractivity contribution < 1.29 is 4.74 Å². The van der Waals surface area contributed by atoms with Crippen molar-refractivity contribution >= 4 is 41.7 Å². The van der Waals surface area contributed by atoms with Crippen LogP contribution in [0.3, 0.4) is 0 Å². The van der Waals surface area contributed by atoms with Crippen molar-refractivity contribution in [2.45, 2.75) is 30.8 Å². The van der Waals surface area contributed by atoms with E-state index in [1.165, 1.54) is 10.5 Å². The zero-order valence-electron chi connectivity index (χ0n) is 15.7. The molecule has 0 atom stereocenters. The monoisotopic (exact) mass is 478 g/mol. The molecule has 0 aromatic heterocycles. The van der Waals surface area contributed by atoms with Gasteiger partial charge in [-0.2, -0.15) is 0 Å². The Morgan fingerprint density at radius 1 is 1.20 bits per heavy atom. The second kappa shape index (κ2) is 11.3. The topological polar surface area (TPSA) is 48.9 Å². The SMILES string of the molecule is CN=C(NCc1ccc(SC)cc1)NCC(C)(C)N1CCOCC1.I. The standard InChI is InChI=1S/C18H30N4OS.HI/c1-18(2,22-9-11-23-12-10-22)14-21-17(19-3)20-13-15-5-7-16(24-4)8-6-15;/h5-8H,9-14H2,1-4H3,(H2,19,20,21);1H. The number of aliphatic imine (C=N–C) groups is 1. The van der Waals surface area contributed by atoms with E-state index < -0.39 is 0 Å². The van der Waals surface area contributed by atoms with Gasteiger partial charge in [-0.25, -0.2) is 0 Å². The number of halogens is 1. The maximum atomic E-state index is 5.45. The molecule has 1 aliphatic rings. The molecule has 0 bridgehead atoms. The highest BCUT2D eigenvalue weighted by molar-refractivity contribution is 14.0. The Hall–Kier alpha value is -0.510. The van der Waals surface area contributed by atoms with Crippen LogP contribution in [-0.4, -0.2) is 62.5 Å². The summed E-state index contributed by atoms with van der Waals surface area (Å²) in [7, 11) is 1.81. The summed E-state index contributed by atoms with van der Waals surface area (Å²) in [6.07, 6.45) is 2.09. The number of guanidine groups is 1. The first kappa shape index (κ1) is 22.5. The summed E-state index contributed by atoms with van der Waals surface area (Å²) in [5.74, 6) is 0.838. The quantitative estimate of drug-likeness (QED) is 0.285. The highest BCUT2D eigenvalue weighted by Gasteiger charge is 2.28. The Morgan fingerprint density at radius 2 is 1.84 bits per heavy atom. The summed E-state index contributed by atoms with van der Waals surface area (Å²) in [5, 5.41) is 6.84. The Bertz CT molecular complexity index is 530. The zero-order chi connectivity index (χ0) is 17.4. The van der Waals surface area contributed by atoms with Crippen LogP contribution in [0.1, 0.15) is 19.4 Å². The van der Waals surface area contributed by atoms with Gasteiger partial charge in [0.2, 0.25) is 0 Å². The maximum absolute atomic E-state index is 5.45. The second-order valence-corrected chi connectivity index (χ2v) is 7.42. The van der Waals surface area contributed by atoms with Crippen molar-refractivity contribution in [2.24, 2.45) is 4.99 Å². The molecule has 0 radical (unpaired) electrons. The largest absolute Gasteiger partial charge is 0.379 e. The van der Waals surface area contributed by atoms with Gasteiger partial charge in [0.05, 0.1) is 13.2 Å². The van der Waals surface area contributed by atoms with Gasteiger partial charge >= 0.3 is 0 Å². The highest BCUT2D eigenvalue weighted by atomic mass is 127. The average Bonchev–Trinajstić information content (AvgIpc) is 2.63. The molecule has 25 heavy (non-hydrogen) atoms. The first-order valence-electron chi connectivity index (χ1n) is 8.45. The molecule has 1 heterocycles. The molecule has 1 saturated heterocycles. The van der Waals surface area contributed by atoms with Crippen molar-refractivity contribution in [1.82, 2.24) is 15.5 Å². The molecule has 1 fully saturated rings. The van der Waals surface area contributed by atoms with Gasteiger partial charge in [0.25, 0.3) is 0 Å². The van der Waals surface area contributed by atoms with Crippen LogP contribution in [-0.2, 0) is 11.3 Å². The van der Waals surface area contributed by atoms with E-state index in [9.17, 15) is 0 Å². The van der Waals surface area contributed by atoms with Crippen molar-refractivity contribution in [2.75, 3.05) is 46.2 Å². The molecule has 1 aromatic rings. The van der Waals surface area contributed by atoms with E-state index in [4.69, 9.17) is 4.74 Å². The molecule has 142 valence electrons. The number of nitrogens with one attached hydrogen (secondary N) is 2. The highest BCUT2D eigenvalue weighted by Crippen LogP contribution is 2.16. The molecule has 2 rings (SSSR count). The van der Waals surface area contributed by atoms with Crippen LogP contribution in [0, 0.1) is 0 Å². The van der Waals surface area contributed by atoms with Gasteiger partial charge in [-0.1, -0.05) is 12.1 Å². The van der Waals surface area contributed by atoms with E-state index in [1.54, 1.807) is 11.8 Å². The molecule has 2 N–H and O–H groups in total. The summed E-state index contributed by atoms with van der Waals surface area (Å²) < 4.78 is 5.45. The lowest BCUT2D eigenvalue weighted by molar-refractivity contribution is -0.00834.